The zero-order valence-corrected chi connectivity index (χ0v) is 18.5. The summed E-state index contributed by atoms with van der Waals surface area (Å²) in [4.78, 5) is 6.78. The number of pyridine rings is 1. The highest BCUT2D eigenvalue weighted by Gasteiger charge is 2.24. The maximum absolute atomic E-state index is 13.2. The lowest BCUT2D eigenvalue weighted by Crippen LogP contribution is -2.34. The predicted octanol–water partition coefficient (Wildman–Crippen LogP) is 3.26. The molecule has 0 radical (unpaired) electrons. The highest BCUT2D eigenvalue weighted by molar-refractivity contribution is 7.92. The van der Waals surface area contributed by atoms with Gasteiger partial charge in [0.05, 0.1) is 29.2 Å². The number of nitrogens with zero attached hydrogens (tertiary/aromatic N) is 5. The summed E-state index contributed by atoms with van der Waals surface area (Å²) in [5.41, 5.74) is 1.98. The van der Waals surface area contributed by atoms with Crippen LogP contribution >= 0.6 is 0 Å². The summed E-state index contributed by atoms with van der Waals surface area (Å²) in [5.74, 6) is 0.984. The molecule has 4 rings (SSSR count). The van der Waals surface area contributed by atoms with Crippen molar-refractivity contribution in [3.8, 4) is 11.5 Å². The summed E-state index contributed by atoms with van der Waals surface area (Å²) < 4.78 is 33.4. The van der Waals surface area contributed by atoms with Crippen LogP contribution < -0.4 is 4.31 Å². The van der Waals surface area contributed by atoms with Crippen molar-refractivity contribution in [2.75, 3.05) is 29.7 Å². The van der Waals surface area contributed by atoms with E-state index in [1.165, 1.54) is 17.1 Å². The Hall–Kier alpha value is -2.78. The molecule has 2 aromatic heterocycles. The van der Waals surface area contributed by atoms with E-state index in [0.717, 1.165) is 19.6 Å². The van der Waals surface area contributed by atoms with E-state index in [-0.39, 0.29) is 12.3 Å². The maximum atomic E-state index is 13.2. The molecule has 0 unspecified atom stereocenters. The molecule has 1 saturated heterocycles. The van der Waals surface area contributed by atoms with Gasteiger partial charge in [-0.25, -0.2) is 8.42 Å². The Bertz CT molecular complexity index is 1080. The molecule has 0 saturated carbocycles. The van der Waals surface area contributed by atoms with Crippen molar-refractivity contribution in [2.24, 2.45) is 0 Å². The van der Waals surface area contributed by atoms with Crippen LogP contribution in [0.5, 0.6) is 0 Å². The van der Waals surface area contributed by atoms with Crippen molar-refractivity contribution in [2.45, 2.75) is 32.7 Å². The van der Waals surface area contributed by atoms with Crippen LogP contribution in [-0.4, -0.2) is 53.9 Å². The number of likely N-dealkylation sites (tertiary alicyclic amines) is 1. The van der Waals surface area contributed by atoms with Gasteiger partial charge in [-0.3, -0.25) is 9.29 Å². The van der Waals surface area contributed by atoms with Gasteiger partial charge in [-0.15, -0.1) is 10.2 Å². The minimum absolute atomic E-state index is 0.109. The van der Waals surface area contributed by atoms with Gasteiger partial charge in [-0.05, 0) is 63.2 Å². The van der Waals surface area contributed by atoms with E-state index in [4.69, 9.17) is 4.42 Å². The Morgan fingerprint density at radius 1 is 1.06 bits per heavy atom. The summed E-state index contributed by atoms with van der Waals surface area (Å²) in [6.07, 6.45) is 4.65. The summed E-state index contributed by atoms with van der Waals surface area (Å²) in [6.45, 7) is 4.85. The highest BCUT2D eigenvalue weighted by atomic mass is 32.2. The van der Waals surface area contributed by atoms with Gasteiger partial charge in [-0.1, -0.05) is 18.2 Å². The minimum Gasteiger partial charge on any atom is -0.421 e. The minimum atomic E-state index is -3.50. The van der Waals surface area contributed by atoms with Gasteiger partial charge in [0.25, 0.3) is 0 Å². The second-order valence-corrected chi connectivity index (χ2v) is 9.74. The predicted molar refractivity (Wildman–Crippen MR) is 119 cm³/mol. The Balaban J connectivity index is 1.49. The number of rotatable bonds is 9. The van der Waals surface area contributed by atoms with Gasteiger partial charge < -0.3 is 9.32 Å². The first-order valence-electron chi connectivity index (χ1n) is 10.5. The topological polar surface area (TPSA) is 92.4 Å². The first-order valence-corrected chi connectivity index (χ1v) is 12.2. The Morgan fingerprint density at radius 3 is 2.48 bits per heavy atom. The lowest BCUT2D eigenvalue weighted by Gasteiger charge is -2.25. The summed E-state index contributed by atoms with van der Waals surface area (Å²) in [5, 5.41) is 7.82. The SMILES string of the molecule is Cc1nnc(-c2ccc(CN(c3ccccc3)S(=O)(=O)CCCN3CCCC3)nc2)o1. The van der Waals surface area contributed by atoms with Gasteiger partial charge in [0.15, 0.2) is 0 Å². The fraction of sp³-hybridized carbons (Fsp3) is 0.409. The third-order valence-corrected chi connectivity index (χ3v) is 7.17. The van der Waals surface area contributed by atoms with Crippen molar-refractivity contribution < 1.29 is 12.8 Å². The molecule has 0 bridgehead atoms. The van der Waals surface area contributed by atoms with E-state index in [1.807, 2.05) is 36.4 Å². The molecule has 0 spiro atoms. The number of benzene rings is 1. The molecule has 1 aromatic carbocycles. The molecule has 8 nitrogen and oxygen atoms in total. The van der Waals surface area contributed by atoms with Gasteiger partial charge in [0.1, 0.15) is 0 Å². The van der Waals surface area contributed by atoms with Crippen molar-refractivity contribution >= 4 is 15.7 Å². The van der Waals surface area contributed by atoms with E-state index in [9.17, 15) is 8.42 Å². The molecule has 0 amide bonds. The molecule has 1 aliphatic heterocycles. The number of sulfonamides is 1. The van der Waals surface area contributed by atoms with Crippen molar-refractivity contribution in [1.29, 1.82) is 0 Å². The highest BCUT2D eigenvalue weighted by Crippen LogP contribution is 2.23. The molecule has 0 atom stereocenters. The van der Waals surface area contributed by atoms with Crippen LogP contribution in [-0.2, 0) is 16.6 Å². The Labute approximate surface area is 183 Å². The Kier molecular flexibility index (Phi) is 6.62. The molecule has 3 heterocycles. The Morgan fingerprint density at radius 2 is 1.84 bits per heavy atom. The molecular weight excluding hydrogens is 414 g/mol. The number of aromatic nitrogens is 3. The van der Waals surface area contributed by atoms with E-state index >= 15 is 0 Å². The molecule has 164 valence electrons. The first-order chi connectivity index (χ1) is 15.0. The summed E-state index contributed by atoms with van der Waals surface area (Å²) >= 11 is 0. The number of hydrogen-bond acceptors (Lipinski definition) is 7. The number of para-hydroxylation sites is 1. The lowest BCUT2D eigenvalue weighted by atomic mass is 10.2. The smallest absolute Gasteiger partial charge is 0.249 e. The van der Waals surface area contributed by atoms with Crippen LogP contribution in [0.3, 0.4) is 0 Å². The first kappa shape index (κ1) is 21.5. The van der Waals surface area contributed by atoms with Crippen molar-refractivity contribution in [1.82, 2.24) is 20.1 Å². The lowest BCUT2D eigenvalue weighted by molar-refractivity contribution is 0.340. The standard InChI is InChI=1S/C22H27N5O3S/c1-18-24-25-22(30-18)19-10-11-20(23-16-19)17-27(21-8-3-2-4-9-21)31(28,29)15-7-14-26-12-5-6-13-26/h2-4,8-11,16H,5-7,12-15,17H2,1H3. The van der Waals surface area contributed by atoms with Crippen LogP contribution in [0.25, 0.3) is 11.5 Å². The second kappa shape index (κ2) is 9.57. The van der Waals surface area contributed by atoms with Crippen LogP contribution in [0.1, 0.15) is 30.8 Å². The normalized spacial score (nSPS) is 14.7. The van der Waals surface area contributed by atoms with Crippen LogP contribution in [0.2, 0.25) is 0 Å². The molecule has 3 aromatic rings. The third kappa shape index (κ3) is 5.48. The zero-order valence-electron chi connectivity index (χ0n) is 17.6. The molecule has 1 fully saturated rings. The second-order valence-electron chi connectivity index (χ2n) is 7.72. The van der Waals surface area contributed by atoms with Gasteiger partial charge in [-0.2, -0.15) is 0 Å². The van der Waals surface area contributed by atoms with Gasteiger partial charge >= 0.3 is 0 Å². The molecule has 0 N–H and O–H groups in total. The van der Waals surface area contributed by atoms with Crippen LogP contribution in [0, 0.1) is 6.92 Å². The number of anilines is 1. The van der Waals surface area contributed by atoms with Crippen LogP contribution in [0.15, 0.2) is 53.1 Å². The van der Waals surface area contributed by atoms with Gasteiger partial charge in [0.2, 0.25) is 21.8 Å². The fourth-order valence-electron chi connectivity index (χ4n) is 3.74. The largest absolute Gasteiger partial charge is 0.421 e. The third-order valence-electron chi connectivity index (χ3n) is 5.36. The molecule has 1 aliphatic rings. The molecule has 31 heavy (non-hydrogen) atoms. The van der Waals surface area contributed by atoms with Crippen molar-refractivity contribution in [3.05, 3.63) is 60.2 Å². The van der Waals surface area contributed by atoms with E-state index < -0.39 is 10.0 Å². The average molecular weight is 442 g/mol. The van der Waals surface area contributed by atoms with E-state index in [0.29, 0.717) is 35.1 Å². The number of hydrogen-bond donors (Lipinski definition) is 0. The van der Waals surface area contributed by atoms with E-state index in [2.05, 4.69) is 20.1 Å². The van der Waals surface area contributed by atoms with E-state index in [1.54, 1.807) is 19.2 Å². The monoisotopic (exact) mass is 441 g/mol. The molecule has 9 heteroatoms. The van der Waals surface area contributed by atoms with Crippen LogP contribution in [0.4, 0.5) is 5.69 Å². The quantitative estimate of drug-likeness (QED) is 0.503. The summed E-state index contributed by atoms with van der Waals surface area (Å²) in [6, 6.07) is 12.8. The molecular formula is C22H27N5O3S. The fourth-order valence-corrected chi connectivity index (χ4v) is 5.22. The zero-order chi connectivity index (χ0) is 21.7. The molecule has 0 aliphatic carbocycles. The maximum Gasteiger partial charge on any atom is 0.249 e. The average Bonchev–Trinajstić information content (AvgIpc) is 3.45. The summed E-state index contributed by atoms with van der Waals surface area (Å²) in [7, 11) is -3.50. The number of aryl methyl sites for hydroxylation is 1. The van der Waals surface area contributed by atoms with Gasteiger partial charge in [0, 0.05) is 13.1 Å². The van der Waals surface area contributed by atoms with Crippen molar-refractivity contribution in [3.63, 3.8) is 0 Å².